The summed E-state index contributed by atoms with van der Waals surface area (Å²) in [7, 11) is 0. The number of rotatable bonds is 5. The third-order valence-electron chi connectivity index (χ3n) is 3.10. The zero-order valence-electron chi connectivity index (χ0n) is 11.2. The zero-order chi connectivity index (χ0) is 13.5. The Morgan fingerprint density at radius 2 is 1.94 bits per heavy atom. The largest absolute Gasteiger partial charge is 0.352 e. The highest BCUT2D eigenvalue weighted by molar-refractivity contribution is 5.86. The van der Waals surface area contributed by atoms with Crippen molar-refractivity contribution in [3.8, 4) is 6.07 Å². The third-order valence-corrected chi connectivity index (χ3v) is 3.10. The molecular formula is C15H20N2O. The Bertz CT molecular complexity index is 420. The van der Waals surface area contributed by atoms with Gasteiger partial charge in [-0.1, -0.05) is 51.1 Å². The topological polar surface area (TPSA) is 52.9 Å². The number of benzene rings is 1. The van der Waals surface area contributed by atoms with Gasteiger partial charge in [-0.2, -0.15) is 5.26 Å². The Hall–Kier alpha value is -1.82. The Balaban J connectivity index is 2.79. The van der Waals surface area contributed by atoms with Crippen molar-refractivity contribution in [2.24, 2.45) is 5.92 Å². The van der Waals surface area contributed by atoms with Gasteiger partial charge < -0.3 is 5.32 Å². The number of amides is 1. The molecule has 0 radical (unpaired) electrons. The van der Waals surface area contributed by atoms with Crippen LogP contribution in [0.15, 0.2) is 30.3 Å². The van der Waals surface area contributed by atoms with Gasteiger partial charge in [-0.25, -0.2) is 0 Å². The lowest BCUT2D eigenvalue weighted by molar-refractivity contribution is -0.122. The van der Waals surface area contributed by atoms with Crippen molar-refractivity contribution in [2.45, 2.75) is 39.2 Å². The Morgan fingerprint density at radius 1 is 1.33 bits per heavy atom. The van der Waals surface area contributed by atoms with Gasteiger partial charge in [-0.05, 0) is 17.9 Å². The predicted octanol–water partition coefficient (Wildman–Crippen LogP) is 2.84. The van der Waals surface area contributed by atoms with E-state index in [0.29, 0.717) is 5.92 Å². The SMILES string of the molecule is CCC(NC(=O)C(C#N)c1ccccc1)C(C)C. The normalized spacial score (nSPS) is 13.7. The van der Waals surface area contributed by atoms with Crippen molar-refractivity contribution in [3.63, 3.8) is 0 Å². The zero-order valence-corrected chi connectivity index (χ0v) is 11.2. The summed E-state index contributed by atoms with van der Waals surface area (Å²) >= 11 is 0. The van der Waals surface area contributed by atoms with Crippen LogP contribution in [0.1, 0.15) is 38.7 Å². The lowest BCUT2D eigenvalue weighted by atomic mass is 9.97. The molecule has 0 saturated carbocycles. The van der Waals surface area contributed by atoms with Gasteiger partial charge in [0.2, 0.25) is 5.91 Å². The van der Waals surface area contributed by atoms with Crippen LogP contribution in [-0.2, 0) is 4.79 Å². The molecule has 3 nitrogen and oxygen atoms in total. The molecule has 0 saturated heterocycles. The van der Waals surface area contributed by atoms with Crippen LogP contribution in [0.4, 0.5) is 0 Å². The number of carbonyl (C=O) groups excluding carboxylic acids is 1. The first-order chi connectivity index (χ1) is 8.60. The van der Waals surface area contributed by atoms with Crippen molar-refractivity contribution >= 4 is 5.91 Å². The summed E-state index contributed by atoms with van der Waals surface area (Å²) in [4.78, 5) is 12.1. The van der Waals surface area contributed by atoms with Gasteiger partial charge in [-0.15, -0.1) is 0 Å². The third kappa shape index (κ3) is 3.59. The Morgan fingerprint density at radius 3 is 2.39 bits per heavy atom. The average molecular weight is 244 g/mol. The van der Waals surface area contributed by atoms with Gasteiger partial charge in [0.25, 0.3) is 0 Å². The second-order valence-electron chi connectivity index (χ2n) is 4.74. The van der Waals surface area contributed by atoms with E-state index in [2.05, 4.69) is 25.2 Å². The number of nitriles is 1. The molecule has 1 N–H and O–H groups in total. The Kier molecular flexibility index (Phi) is 5.38. The molecule has 0 bridgehead atoms. The van der Waals surface area contributed by atoms with Gasteiger partial charge in [0.15, 0.2) is 0 Å². The maximum atomic E-state index is 12.1. The van der Waals surface area contributed by atoms with Gasteiger partial charge in [-0.3, -0.25) is 4.79 Å². The smallest absolute Gasteiger partial charge is 0.242 e. The molecule has 2 unspecified atom stereocenters. The summed E-state index contributed by atoms with van der Waals surface area (Å²) in [5.41, 5.74) is 0.746. The van der Waals surface area contributed by atoms with Crippen LogP contribution in [-0.4, -0.2) is 11.9 Å². The van der Waals surface area contributed by atoms with Crippen molar-refractivity contribution < 1.29 is 4.79 Å². The minimum absolute atomic E-state index is 0.122. The van der Waals surface area contributed by atoms with Crippen molar-refractivity contribution in [3.05, 3.63) is 35.9 Å². The maximum Gasteiger partial charge on any atom is 0.242 e. The van der Waals surface area contributed by atoms with E-state index in [9.17, 15) is 4.79 Å². The van der Waals surface area contributed by atoms with Gasteiger partial charge in [0, 0.05) is 6.04 Å². The van der Waals surface area contributed by atoms with E-state index >= 15 is 0 Å². The summed E-state index contributed by atoms with van der Waals surface area (Å²) in [6, 6.07) is 11.4. The van der Waals surface area contributed by atoms with E-state index in [0.717, 1.165) is 12.0 Å². The number of hydrogen-bond donors (Lipinski definition) is 1. The van der Waals surface area contributed by atoms with Gasteiger partial charge in [0.1, 0.15) is 5.92 Å². The highest BCUT2D eigenvalue weighted by atomic mass is 16.1. The number of nitrogens with one attached hydrogen (secondary N) is 1. The van der Waals surface area contributed by atoms with E-state index in [-0.39, 0.29) is 11.9 Å². The van der Waals surface area contributed by atoms with E-state index in [1.165, 1.54) is 0 Å². The standard InChI is InChI=1S/C15H20N2O/c1-4-14(11(2)3)17-15(18)13(10-16)12-8-6-5-7-9-12/h5-9,11,13-14H,4H2,1-3H3,(H,17,18). The van der Waals surface area contributed by atoms with E-state index in [4.69, 9.17) is 5.26 Å². The first kappa shape index (κ1) is 14.2. The molecule has 3 heteroatoms. The second kappa shape index (κ2) is 6.80. The summed E-state index contributed by atoms with van der Waals surface area (Å²) < 4.78 is 0. The number of carbonyl (C=O) groups is 1. The fourth-order valence-corrected chi connectivity index (χ4v) is 1.94. The monoisotopic (exact) mass is 244 g/mol. The van der Waals surface area contributed by atoms with Crippen molar-refractivity contribution in [2.75, 3.05) is 0 Å². The molecule has 1 amide bonds. The van der Waals surface area contributed by atoms with Gasteiger partial charge in [0.05, 0.1) is 6.07 Å². The molecule has 0 heterocycles. The minimum Gasteiger partial charge on any atom is -0.352 e. The first-order valence-electron chi connectivity index (χ1n) is 6.35. The van der Waals surface area contributed by atoms with Crippen LogP contribution in [0.3, 0.4) is 0 Å². The van der Waals surface area contributed by atoms with Crippen molar-refractivity contribution in [1.82, 2.24) is 5.32 Å². The molecular weight excluding hydrogens is 224 g/mol. The summed E-state index contributed by atoms with van der Waals surface area (Å²) in [5.74, 6) is -0.558. The molecule has 96 valence electrons. The molecule has 0 spiro atoms. The first-order valence-corrected chi connectivity index (χ1v) is 6.35. The van der Waals surface area contributed by atoms with Crippen LogP contribution >= 0.6 is 0 Å². The highest BCUT2D eigenvalue weighted by Gasteiger charge is 2.23. The molecule has 18 heavy (non-hydrogen) atoms. The molecule has 0 aliphatic rings. The summed E-state index contributed by atoms with van der Waals surface area (Å²) in [6.45, 7) is 6.17. The van der Waals surface area contributed by atoms with E-state index in [1.807, 2.05) is 37.3 Å². The maximum absolute atomic E-state index is 12.1. The predicted molar refractivity (Wildman–Crippen MR) is 71.9 cm³/mol. The average Bonchev–Trinajstić information content (AvgIpc) is 2.37. The van der Waals surface area contributed by atoms with Crippen LogP contribution in [0, 0.1) is 17.2 Å². The van der Waals surface area contributed by atoms with Crippen LogP contribution in [0.2, 0.25) is 0 Å². The molecule has 1 aromatic carbocycles. The molecule has 0 aromatic heterocycles. The fraction of sp³-hybridized carbons (Fsp3) is 0.467. The lowest BCUT2D eigenvalue weighted by Gasteiger charge is -2.22. The van der Waals surface area contributed by atoms with Crippen LogP contribution in [0.25, 0.3) is 0 Å². The molecule has 2 atom stereocenters. The Labute approximate surface area is 109 Å². The molecule has 0 aliphatic heterocycles. The molecule has 0 aliphatic carbocycles. The molecule has 0 fully saturated rings. The second-order valence-corrected chi connectivity index (χ2v) is 4.74. The molecule has 1 aromatic rings. The summed E-state index contributed by atoms with van der Waals surface area (Å²) in [5, 5.41) is 12.1. The van der Waals surface area contributed by atoms with Gasteiger partial charge >= 0.3 is 0 Å². The highest BCUT2D eigenvalue weighted by Crippen LogP contribution is 2.16. The quantitative estimate of drug-likeness (QED) is 0.866. The summed E-state index contributed by atoms with van der Waals surface area (Å²) in [6.07, 6.45) is 0.871. The number of nitrogens with zero attached hydrogens (tertiary/aromatic N) is 1. The number of hydrogen-bond acceptors (Lipinski definition) is 2. The lowest BCUT2D eigenvalue weighted by Crippen LogP contribution is -2.40. The van der Waals surface area contributed by atoms with E-state index < -0.39 is 5.92 Å². The minimum atomic E-state index is -0.723. The van der Waals surface area contributed by atoms with Crippen LogP contribution in [0.5, 0.6) is 0 Å². The van der Waals surface area contributed by atoms with Crippen molar-refractivity contribution in [1.29, 1.82) is 5.26 Å². The molecule has 1 rings (SSSR count). The van der Waals surface area contributed by atoms with Crippen LogP contribution < -0.4 is 5.32 Å². The van der Waals surface area contributed by atoms with E-state index in [1.54, 1.807) is 0 Å². The fourth-order valence-electron chi connectivity index (χ4n) is 1.94.